The van der Waals surface area contributed by atoms with Crippen molar-refractivity contribution in [2.24, 2.45) is 5.92 Å². The predicted octanol–water partition coefficient (Wildman–Crippen LogP) is 5.12. The van der Waals surface area contributed by atoms with Crippen LogP contribution >= 0.6 is 0 Å². The summed E-state index contributed by atoms with van der Waals surface area (Å²) in [6, 6.07) is 7.27. The second-order valence-corrected chi connectivity index (χ2v) is 12.0. The van der Waals surface area contributed by atoms with Gasteiger partial charge in [0.25, 0.3) is 5.91 Å². The van der Waals surface area contributed by atoms with Crippen LogP contribution in [-0.2, 0) is 4.74 Å². The number of imidazole rings is 1. The van der Waals surface area contributed by atoms with Gasteiger partial charge < -0.3 is 19.4 Å². The first-order valence-electron chi connectivity index (χ1n) is 14.8. The topological polar surface area (TPSA) is 62.1 Å². The number of halogens is 1. The van der Waals surface area contributed by atoms with E-state index in [0.717, 1.165) is 61.7 Å². The Morgan fingerprint density at radius 1 is 1.20 bits per heavy atom. The molecule has 40 heavy (non-hydrogen) atoms. The van der Waals surface area contributed by atoms with Crippen molar-refractivity contribution >= 4 is 11.4 Å². The van der Waals surface area contributed by atoms with E-state index in [2.05, 4.69) is 45.7 Å². The van der Waals surface area contributed by atoms with Gasteiger partial charge in [0, 0.05) is 62.5 Å². The molecule has 1 aromatic carbocycles. The van der Waals surface area contributed by atoms with E-state index in [0.29, 0.717) is 30.0 Å². The molecule has 0 aliphatic carbocycles. The van der Waals surface area contributed by atoms with Gasteiger partial charge in [0.05, 0.1) is 30.0 Å². The highest BCUT2D eigenvalue weighted by Gasteiger charge is 2.37. The van der Waals surface area contributed by atoms with Crippen LogP contribution in [0.15, 0.2) is 36.7 Å². The smallest absolute Gasteiger partial charge is 0.254 e. The molecule has 0 saturated carbocycles. The zero-order chi connectivity index (χ0) is 28.6. The lowest BCUT2D eigenvalue weighted by Gasteiger charge is -2.47. The van der Waals surface area contributed by atoms with Crippen LogP contribution in [0.25, 0.3) is 16.6 Å². The minimum atomic E-state index is -0.407. The van der Waals surface area contributed by atoms with Crippen molar-refractivity contribution in [2.45, 2.75) is 72.1 Å². The number of morpholine rings is 1. The molecule has 1 N–H and O–H groups in total. The molecule has 0 radical (unpaired) electrons. The number of ether oxygens (including phenoxy) is 1. The minimum Gasteiger partial charge on any atom is -0.376 e. The van der Waals surface area contributed by atoms with Crippen molar-refractivity contribution < 1.29 is 13.9 Å². The Kier molecular flexibility index (Phi) is 8.59. The first kappa shape index (κ1) is 28.7. The molecule has 1 amide bonds. The van der Waals surface area contributed by atoms with E-state index in [1.54, 1.807) is 11.0 Å². The predicted molar refractivity (Wildman–Crippen MR) is 157 cm³/mol. The van der Waals surface area contributed by atoms with E-state index in [-0.39, 0.29) is 18.1 Å². The molecule has 3 aromatic rings. The van der Waals surface area contributed by atoms with Gasteiger partial charge in [-0.15, -0.1) is 0 Å². The van der Waals surface area contributed by atoms with Crippen molar-refractivity contribution in [3.05, 3.63) is 59.4 Å². The molecular weight excluding hydrogens is 505 g/mol. The van der Waals surface area contributed by atoms with Gasteiger partial charge in [0.2, 0.25) is 0 Å². The van der Waals surface area contributed by atoms with Gasteiger partial charge in [-0.1, -0.05) is 19.9 Å². The largest absolute Gasteiger partial charge is 0.376 e. The van der Waals surface area contributed by atoms with Gasteiger partial charge in [-0.2, -0.15) is 0 Å². The third kappa shape index (κ3) is 5.67. The van der Waals surface area contributed by atoms with Crippen LogP contribution in [0.2, 0.25) is 0 Å². The van der Waals surface area contributed by atoms with Crippen molar-refractivity contribution in [2.75, 3.05) is 39.3 Å². The SMILES string of the molecule is CCN(C(=O)c1cc(F)ccc1-c1cc(C2CN(C(C[C@@H]3CNCCO3)C(C)C)C2)cn2c(C)ncc12)C(C)C. The standard InChI is InChI=1S/C32H44FN5O2/c1-7-37(21(4)5)32(39)29-13-25(33)8-9-27(29)28-12-23(19-38-22(6)35-16-31(28)38)24-17-36(18-24)30(20(2)3)14-26-15-34-10-11-40-26/h8-9,12-13,16,19-21,24,26,30,34H,7,10-11,14-15,17-18H2,1-6H3/t26-,30?/m1/s1. The summed E-state index contributed by atoms with van der Waals surface area (Å²) < 4.78 is 22.7. The van der Waals surface area contributed by atoms with E-state index < -0.39 is 5.82 Å². The zero-order valence-corrected chi connectivity index (χ0v) is 24.8. The van der Waals surface area contributed by atoms with Crippen molar-refractivity contribution in [3.8, 4) is 11.1 Å². The van der Waals surface area contributed by atoms with Gasteiger partial charge in [0.1, 0.15) is 11.6 Å². The molecule has 0 spiro atoms. The Balaban J connectivity index is 1.47. The number of carbonyl (C=O) groups excluding carboxylic acids is 1. The molecule has 2 atom stereocenters. The minimum absolute atomic E-state index is 0.0156. The van der Waals surface area contributed by atoms with Gasteiger partial charge >= 0.3 is 0 Å². The second-order valence-electron chi connectivity index (χ2n) is 12.0. The number of hydrogen-bond donors (Lipinski definition) is 1. The van der Waals surface area contributed by atoms with Gasteiger partial charge in [-0.25, -0.2) is 9.37 Å². The quantitative estimate of drug-likeness (QED) is 0.401. The molecule has 1 unspecified atom stereocenters. The summed E-state index contributed by atoms with van der Waals surface area (Å²) in [5.74, 6) is 1.24. The summed E-state index contributed by atoms with van der Waals surface area (Å²) in [6.07, 6.45) is 5.35. The van der Waals surface area contributed by atoms with Gasteiger partial charge in [-0.05, 0) is 69.4 Å². The fourth-order valence-corrected chi connectivity index (χ4v) is 6.39. The summed E-state index contributed by atoms with van der Waals surface area (Å²) in [5, 5.41) is 3.46. The van der Waals surface area contributed by atoms with E-state index >= 15 is 0 Å². The number of carbonyl (C=O) groups is 1. The average molecular weight is 550 g/mol. The number of rotatable bonds is 9. The summed E-state index contributed by atoms with van der Waals surface area (Å²) in [5.41, 5.74) is 4.20. The molecule has 2 saturated heterocycles. The highest BCUT2D eigenvalue weighted by Crippen LogP contribution is 2.37. The number of benzene rings is 1. The van der Waals surface area contributed by atoms with Crippen molar-refractivity contribution in [3.63, 3.8) is 0 Å². The molecule has 2 aliphatic heterocycles. The Hall–Kier alpha value is -2.81. The molecule has 2 aliphatic rings. The van der Waals surface area contributed by atoms with Crippen LogP contribution in [0.4, 0.5) is 4.39 Å². The van der Waals surface area contributed by atoms with E-state index in [1.165, 1.54) is 17.7 Å². The summed E-state index contributed by atoms with van der Waals surface area (Å²) >= 11 is 0. The Labute approximate surface area is 237 Å². The lowest BCUT2D eigenvalue weighted by Crippen LogP contribution is -2.54. The number of nitrogens with zero attached hydrogens (tertiary/aromatic N) is 4. The third-order valence-corrected chi connectivity index (χ3v) is 8.70. The normalized spacial score (nSPS) is 19.4. The van der Waals surface area contributed by atoms with Crippen LogP contribution in [0.5, 0.6) is 0 Å². The fourth-order valence-electron chi connectivity index (χ4n) is 6.39. The zero-order valence-electron chi connectivity index (χ0n) is 24.8. The van der Waals surface area contributed by atoms with Crippen LogP contribution < -0.4 is 5.32 Å². The average Bonchev–Trinajstić information content (AvgIpc) is 3.28. The second kappa shape index (κ2) is 12.0. The number of amides is 1. The lowest BCUT2D eigenvalue weighted by atomic mass is 9.85. The number of aromatic nitrogens is 2. The number of likely N-dealkylation sites (tertiary alicyclic amines) is 1. The highest BCUT2D eigenvalue weighted by atomic mass is 19.1. The van der Waals surface area contributed by atoms with Gasteiger partial charge in [-0.3, -0.25) is 9.69 Å². The number of pyridine rings is 1. The monoisotopic (exact) mass is 549 g/mol. The summed E-state index contributed by atoms with van der Waals surface area (Å²) in [7, 11) is 0. The molecule has 5 rings (SSSR count). The van der Waals surface area contributed by atoms with Gasteiger partial charge in [0.15, 0.2) is 0 Å². The van der Waals surface area contributed by atoms with E-state index in [1.807, 2.05) is 33.9 Å². The van der Waals surface area contributed by atoms with Crippen molar-refractivity contribution in [1.29, 1.82) is 0 Å². The number of nitrogens with one attached hydrogen (secondary N) is 1. The van der Waals surface area contributed by atoms with E-state index in [9.17, 15) is 9.18 Å². The number of hydrogen-bond acceptors (Lipinski definition) is 5. The number of aryl methyl sites for hydroxylation is 1. The Morgan fingerprint density at radius 3 is 2.62 bits per heavy atom. The molecule has 216 valence electrons. The maximum atomic E-state index is 14.5. The first-order valence-corrected chi connectivity index (χ1v) is 14.8. The molecule has 8 heteroatoms. The molecule has 7 nitrogen and oxygen atoms in total. The summed E-state index contributed by atoms with van der Waals surface area (Å²) in [6.45, 7) is 17.7. The highest BCUT2D eigenvalue weighted by molar-refractivity contribution is 6.03. The molecule has 2 fully saturated rings. The first-order chi connectivity index (χ1) is 19.2. The maximum Gasteiger partial charge on any atom is 0.254 e. The fraction of sp³-hybridized carbons (Fsp3) is 0.562. The van der Waals surface area contributed by atoms with E-state index in [4.69, 9.17) is 4.74 Å². The van der Waals surface area contributed by atoms with Crippen LogP contribution in [0, 0.1) is 18.7 Å². The molecule has 0 bridgehead atoms. The number of fused-ring (bicyclic) bond motifs is 1. The van der Waals surface area contributed by atoms with Crippen LogP contribution in [-0.4, -0.2) is 82.6 Å². The van der Waals surface area contributed by atoms with Crippen molar-refractivity contribution in [1.82, 2.24) is 24.5 Å². The summed E-state index contributed by atoms with van der Waals surface area (Å²) in [4.78, 5) is 22.6. The molecular formula is C32H44FN5O2. The Morgan fingerprint density at radius 2 is 1.98 bits per heavy atom. The molecule has 2 aromatic heterocycles. The van der Waals surface area contributed by atoms with Crippen LogP contribution in [0.3, 0.4) is 0 Å². The Bertz CT molecular complexity index is 1340. The lowest BCUT2D eigenvalue weighted by molar-refractivity contribution is -0.0194. The molecule has 4 heterocycles. The van der Waals surface area contributed by atoms with Crippen LogP contribution in [0.1, 0.15) is 68.7 Å². The maximum absolute atomic E-state index is 14.5. The third-order valence-electron chi connectivity index (χ3n) is 8.70.